The molecule has 2 heterocycles. The van der Waals surface area contributed by atoms with Crippen LogP contribution in [0.15, 0.2) is 18.2 Å². The van der Waals surface area contributed by atoms with Crippen molar-refractivity contribution in [1.82, 2.24) is 10.4 Å². The van der Waals surface area contributed by atoms with Crippen LogP contribution < -0.4 is 10.2 Å². The fourth-order valence-electron chi connectivity index (χ4n) is 3.68. The molecule has 3 heteroatoms. The number of rotatable bonds is 4. The van der Waals surface area contributed by atoms with Crippen LogP contribution in [0.3, 0.4) is 0 Å². The largest absolute Gasteiger partial charge is 0.493 e. The summed E-state index contributed by atoms with van der Waals surface area (Å²) >= 11 is 0. The second-order valence-electron chi connectivity index (χ2n) is 6.59. The fraction of sp³-hybridized carbons (Fsp3) is 0.667. The molecule has 0 aromatic heterocycles. The van der Waals surface area contributed by atoms with Crippen LogP contribution >= 0.6 is 0 Å². The van der Waals surface area contributed by atoms with Gasteiger partial charge in [-0.05, 0) is 50.3 Å². The summed E-state index contributed by atoms with van der Waals surface area (Å²) in [6.45, 7) is 7.78. The summed E-state index contributed by atoms with van der Waals surface area (Å²) in [5, 5.41) is 2.49. The van der Waals surface area contributed by atoms with E-state index in [1.807, 2.05) is 0 Å². The SMILES string of the molecule is CCC(NN1C(C)CCCC1C)c1ccc2c(c1)CCO2. The van der Waals surface area contributed by atoms with E-state index in [9.17, 15) is 0 Å². The Bertz CT molecular complexity index is 478. The normalized spacial score (nSPS) is 27.2. The molecule has 0 amide bonds. The van der Waals surface area contributed by atoms with Crippen LogP contribution in [0.25, 0.3) is 0 Å². The molecule has 3 atom stereocenters. The first-order valence-electron chi connectivity index (χ1n) is 8.49. The van der Waals surface area contributed by atoms with Gasteiger partial charge >= 0.3 is 0 Å². The summed E-state index contributed by atoms with van der Waals surface area (Å²) in [6.07, 6.45) is 6.11. The van der Waals surface area contributed by atoms with Crippen molar-refractivity contribution in [3.05, 3.63) is 29.3 Å². The molecule has 0 radical (unpaired) electrons. The predicted molar refractivity (Wildman–Crippen MR) is 86.4 cm³/mol. The van der Waals surface area contributed by atoms with E-state index in [4.69, 9.17) is 4.74 Å². The van der Waals surface area contributed by atoms with Crippen LogP contribution in [0.5, 0.6) is 5.75 Å². The van der Waals surface area contributed by atoms with E-state index in [1.54, 1.807) is 0 Å². The molecule has 3 rings (SSSR count). The molecule has 0 spiro atoms. The van der Waals surface area contributed by atoms with Crippen LogP contribution in [0, 0.1) is 0 Å². The number of hydrogen-bond donors (Lipinski definition) is 1. The Morgan fingerprint density at radius 3 is 2.76 bits per heavy atom. The van der Waals surface area contributed by atoms with Crippen molar-refractivity contribution in [2.24, 2.45) is 0 Å². The number of ether oxygens (including phenoxy) is 1. The van der Waals surface area contributed by atoms with Crippen molar-refractivity contribution in [1.29, 1.82) is 0 Å². The minimum atomic E-state index is 0.402. The third kappa shape index (κ3) is 3.09. The highest BCUT2D eigenvalue weighted by molar-refractivity contribution is 5.40. The molecule has 1 saturated heterocycles. The quantitative estimate of drug-likeness (QED) is 0.911. The highest BCUT2D eigenvalue weighted by Crippen LogP contribution is 2.30. The van der Waals surface area contributed by atoms with Gasteiger partial charge in [0.25, 0.3) is 0 Å². The molecule has 2 aliphatic rings. The average Bonchev–Trinajstić information content (AvgIpc) is 2.94. The van der Waals surface area contributed by atoms with Gasteiger partial charge in [0.15, 0.2) is 0 Å². The monoisotopic (exact) mass is 288 g/mol. The van der Waals surface area contributed by atoms with Crippen LogP contribution in [-0.4, -0.2) is 23.7 Å². The number of nitrogens with zero attached hydrogens (tertiary/aromatic N) is 1. The molecule has 1 N–H and O–H groups in total. The summed E-state index contributed by atoms with van der Waals surface area (Å²) in [6, 6.07) is 8.36. The van der Waals surface area contributed by atoms with Gasteiger partial charge in [-0.15, -0.1) is 0 Å². The molecule has 1 aromatic carbocycles. The van der Waals surface area contributed by atoms with Gasteiger partial charge in [0.05, 0.1) is 6.61 Å². The smallest absolute Gasteiger partial charge is 0.122 e. The zero-order chi connectivity index (χ0) is 14.8. The van der Waals surface area contributed by atoms with Crippen molar-refractivity contribution < 1.29 is 4.74 Å². The number of benzene rings is 1. The molecule has 1 fully saturated rings. The predicted octanol–water partition coefficient (Wildman–Crippen LogP) is 3.84. The first-order valence-corrected chi connectivity index (χ1v) is 8.49. The van der Waals surface area contributed by atoms with Crippen LogP contribution in [-0.2, 0) is 6.42 Å². The summed E-state index contributed by atoms with van der Waals surface area (Å²) in [5.74, 6) is 1.08. The van der Waals surface area contributed by atoms with Gasteiger partial charge in [0.2, 0.25) is 0 Å². The van der Waals surface area contributed by atoms with Crippen LogP contribution in [0.1, 0.15) is 63.6 Å². The third-order valence-electron chi connectivity index (χ3n) is 5.02. The van der Waals surface area contributed by atoms with Crippen LogP contribution in [0.2, 0.25) is 0 Å². The first-order chi connectivity index (χ1) is 10.2. The summed E-state index contributed by atoms with van der Waals surface area (Å²) < 4.78 is 5.62. The lowest BCUT2D eigenvalue weighted by Crippen LogP contribution is -2.53. The second-order valence-corrected chi connectivity index (χ2v) is 6.59. The maximum atomic E-state index is 5.62. The van der Waals surface area contributed by atoms with E-state index in [2.05, 4.69) is 49.4 Å². The van der Waals surface area contributed by atoms with Gasteiger partial charge in [-0.2, -0.15) is 0 Å². The molecule has 0 bridgehead atoms. The van der Waals surface area contributed by atoms with E-state index >= 15 is 0 Å². The molecule has 116 valence electrons. The van der Waals surface area contributed by atoms with E-state index in [-0.39, 0.29) is 0 Å². The van der Waals surface area contributed by atoms with Crippen molar-refractivity contribution in [2.75, 3.05) is 6.61 Å². The zero-order valence-corrected chi connectivity index (χ0v) is 13.6. The number of fused-ring (bicyclic) bond motifs is 1. The van der Waals surface area contributed by atoms with Crippen molar-refractivity contribution >= 4 is 0 Å². The van der Waals surface area contributed by atoms with Gasteiger partial charge in [0, 0.05) is 24.5 Å². The first kappa shape index (κ1) is 14.9. The Hall–Kier alpha value is -1.06. The fourth-order valence-corrected chi connectivity index (χ4v) is 3.68. The number of hydrogen-bond acceptors (Lipinski definition) is 3. The minimum Gasteiger partial charge on any atom is -0.493 e. The van der Waals surface area contributed by atoms with Crippen LogP contribution in [0.4, 0.5) is 0 Å². The van der Waals surface area contributed by atoms with Gasteiger partial charge in [-0.3, -0.25) is 0 Å². The van der Waals surface area contributed by atoms with E-state index in [1.165, 1.54) is 30.4 Å². The lowest BCUT2D eigenvalue weighted by molar-refractivity contribution is 0.0283. The molecule has 0 saturated carbocycles. The molecule has 21 heavy (non-hydrogen) atoms. The maximum Gasteiger partial charge on any atom is 0.122 e. The second kappa shape index (κ2) is 6.37. The van der Waals surface area contributed by atoms with E-state index < -0.39 is 0 Å². The zero-order valence-electron chi connectivity index (χ0n) is 13.6. The standard InChI is InChI=1S/C18H28N2O/c1-4-17(19-20-13(2)6-5-7-14(20)3)15-8-9-18-16(12-15)10-11-21-18/h8-9,12-14,17,19H,4-7,10-11H2,1-3H3. The lowest BCUT2D eigenvalue weighted by Gasteiger charge is -2.41. The highest BCUT2D eigenvalue weighted by Gasteiger charge is 2.27. The number of hydrazine groups is 1. The molecular formula is C18H28N2O. The maximum absolute atomic E-state index is 5.62. The Labute approximate surface area is 128 Å². The molecule has 0 aliphatic carbocycles. The highest BCUT2D eigenvalue weighted by atomic mass is 16.5. The van der Waals surface area contributed by atoms with E-state index in [0.29, 0.717) is 18.1 Å². The van der Waals surface area contributed by atoms with Gasteiger partial charge < -0.3 is 4.74 Å². The molecule has 3 nitrogen and oxygen atoms in total. The van der Waals surface area contributed by atoms with Gasteiger partial charge in [-0.1, -0.05) is 25.5 Å². The Kier molecular flexibility index (Phi) is 4.51. The Balaban J connectivity index is 1.75. The lowest BCUT2D eigenvalue weighted by atomic mass is 9.98. The summed E-state index contributed by atoms with van der Waals surface area (Å²) in [4.78, 5) is 0. The molecule has 3 unspecified atom stereocenters. The average molecular weight is 288 g/mol. The molecular weight excluding hydrogens is 260 g/mol. The van der Waals surface area contributed by atoms with Crippen molar-refractivity contribution in [3.8, 4) is 5.75 Å². The van der Waals surface area contributed by atoms with Gasteiger partial charge in [-0.25, -0.2) is 10.4 Å². The summed E-state index contributed by atoms with van der Waals surface area (Å²) in [7, 11) is 0. The minimum absolute atomic E-state index is 0.402. The van der Waals surface area contributed by atoms with Gasteiger partial charge in [0.1, 0.15) is 5.75 Å². The summed E-state index contributed by atoms with van der Waals surface area (Å²) in [5.41, 5.74) is 6.57. The van der Waals surface area contributed by atoms with Crippen molar-refractivity contribution in [2.45, 2.75) is 71.0 Å². The topological polar surface area (TPSA) is 24.5 Å². The van der Waals surface area contributed by atoms with Crippen molar-refractivity contribution in [3.63, 3.8) is 0 Å². The molecule has 2 aliphatic heterocycles. The third-order valence-corrected chi connectivity index (χ3v) is 5.02. The van der Waals surface area contributed by atoms with E-state index in [0.717, 1.165) is 25.2 Å². The number of nitrogens with one attached hydrogen (secondary N) is 1. The Morgan fingerprint density at radius 1 is 1.29 bits per heavy atom. The Morgan fingerprint density at radius 2 is 2.05 bits per heavy atom. The molecule has 1 aromatic rings. The number of piperidine rings is 1.